The Morgan fingerprint density at radius 1 is 0.962 bits per heavy atom. The van der Waals surface area contributed by atoms with Crippen LogP contribution in [0.1, 0.15) is 16.7 Å². The van der Waals surface area contributed by atoms with Crippen LogP contribution >= 0.6 is 0 Å². The van der Waals surface area contributed by atoms with Crippen molar-refractivity contribution >= 4 is 33.4 Å². The Bertz CT molecular complexity index is 1160. The molecule has 0 atom stereocenters. The number of nitrogens with one attached hydrogen (secondary N) is 1. The zero-order valence-corrected chi connectivity index (χ0v) is 14.7. The number of rotatable bonds is 2. The van der Waals surface area contributed by atoms with Gasteiger partial charge >= 0.3 is 0 Å². The smallest absolute Gasteiger partial charge is 0.294 e. The number of carbonyl (C=O) groups excluding carboxylic acids is 1. The lowest BCUT2D eigenvalue weighted by molar-refractivity contribution is -0.110. The van der Waals surface area contributed by atoms with Gasteiger partial charge in [-0.25, -0.2) is 0 Å². The highest BCUT2D eigenvalue weighted by atomic mass is 32.2. The number of carbonyl (C=O) groups is 1. The third-order valence-electron chi connectivity index (χ3n) is 4.52. The quantitative estimate of drug-likeness (QED) is 0.534. The molecule has 4 rings (SSSR count). The molecule has 130 valence electrons. The summed E-state index contributed by atoms with van der Waals surface area (Å²) >= 11 is 0. The maximum atomic E-state index is 12.4. The van der Waals surface area contributed by atoms with Gasteiger partial charge < -0.3 is 5.32 Å². The van der Waals surface area contributed by atoms with E-state index >= 15 is 0 Å². The molecule has 1 aliphatic heterocycles. The molecule has 6 heteroatoms. The van der Waals surface area contributed by atoms with Crippen molar-refractivity contribution < 1.29 is 17.8 Å². The summed E-state index contributed by atoms with van der Waals surface area (Å²) in [7, 11) is -4.34. The van der Waals surface area contributed by atoms with Gasteiger partial charge in [-0.05, 0) is 53.5 Å². The molecule has 0 saturated heterocycles. The van der Waals surface area contributed by atoms with E-state index in [-0.39, 0.29) is 10.8 Å². The Morgan fingerprint density at radius 2 is 1.69 bits per heavy atom. The number of anilines is 1. The van der Waals surface area contributed by atoms with Gasteiger partial charge in [-0.2, -0.15) is 8.42 Å². The van der Waals surface area contributed by atoms with Gasteiger partial charge in [0, 0.05) is 16.8 Å². The van der Waals surface area contributed by atoms with Crippen LogP contribution in [0.15, 0.2) is 59.5 Å². The molecular formula is C20H15NO4S. The fourth-order valence-electron chi connectivity index (χ4n) is 3.28. The second-order valence-electron chi connectivity index (χ2n) is 6.22. The Morgan fingerprint density at radius 3 is 2.42 bits per heavy atom. The summed E-state index contributed by atoms with van der Waals surface area (Å²) in [6.07, 6.45) is 1.75. The van der Waals surface area contributed by atoms with Crippen molar-refractivity contribution in [3.63, 3.8) is 0 Å². The Labute approximate surface area is 151 Å². The van der Waals surface area contributed by atoms with Gasteiger partial charge in [0.05, 0.1) is 4.90 Å². The SMILES string of the molecule is Cc1cc(/C=C2\C(=O)Nc3ccc(S(=O)(=O)O)cc32)c2cccccc1-2. The van der Waals surface area contributed by atoms with Crippen molar-refractivity contribution in [2.75, 3.05) is 5.32 Å². The molecule has 2 aliphatic carbocycles. The lowest BCUT2D eigenvalue weighted by Crippen LogP contribution is -2.03. The fraction of sp³-hybridized carbons (Fsp3) is 0.0500. The predicted molar refractivity (Wildman–Crippen MR) is 101 cm³/mol. The second kappa shape index (κ2) is 5.79. The van der Waals surface area contributed by atoms with E-state index in [1.165, 1.54) is 18.2 Å². The number of fused-ring (bicyclic) bond motifs is 2. The molecule has 0 saturated carbocycles. The topological polar surface area (TPSA) is 83.5 Å². The van der Waals surface area contributed by atoms with Gasteiger partial charge in [0.1, 0.15) is 0 Å². The summed E-state index contributed by atoms with van der Waals surface area (Å²) in [5.41, 5.74) is 5.41. The molecular weight excluding hydrogens is 350 g/mol. The van der Waals surface area contributed by atoms with Gasteiger partial charge in [0.2, 0.25) is 0 Å². The molecule has 0 radical (unpaired) electrons. The molecule has 1 amide bonds. The van der Waals surface area contributed by atoms with Crippen LogP contribution in [0.4, 0.5) is 5.69 Å². The van der Waals surface area contributed by atoms with Crippen molar-refractivity contribution in [3.8, 4) is 11.1 Å². The van der Waals surface area contributed by atoms with Crippen molar-refractivity contribution in [2.45, 2.75) is 11.8 Å². The summed E-state index contributed by atoms with van der Waals surface area (Å²) in [4.78, 5) is 12.2. The Kier molecular flexibility index (Phi) is 3.68. The highest BCUT2D eigenvalue weighted by Crippen LogP contribution is 2.38. The highest BCUT2D eigenvalue weighted by molar-refractivity contribution is 7.85. The first-order chi connectivity index (χ1) is 12.3. The van der Waals surface area contributed by atoms with Crippen molar-refractivity contribution in [1.82, 2.24) is 0 Å². The molecule has 1 aromatic rings. The summed E-state index contributed by atoms with van der Waals surface area (Å²) in [6, 6.07) is 15.9. The molecule has 0 spiro atoms. The lowest BCUT2D eigenvalue weighted by atomic mass is 10.0. The van der Waals surface area contributed by atoms with Crippen LogP contribution in [-0.4, -0.2) is 18.9 Å². The maximum Gasteiger partial charge on any atom is 0.294 e. The third-order valence-corrected chi connectivity index (χ3v) is 5.37. The van der Waals surface area contributed by atoms with E-state index in [2.05, 4.69) is 5.32 Å². The van der Waals surface area contributed by atoms with E-state index in [1.807, 2.05) is 43.3 Å². The highest BCUT2D eigenvalue weighted by Gasteiger charge is 2.26. The lowest BCUT2D eigenvalue weighted by Gasteiger charge is -2.02. The summed E-state index contributed by atoms with van der Waals surface area (Å²) in [5, 5.41) is 2.72. The fourth-order valence-corrected chi connectivity index (χ4v) is 3.78. The second-order valence-corrected chi connectivity index (χ2v) is 7.64. The van der Waals surface area contributed by atoms with Gasteiger partial charge in [-0.1, -0.05) is 36.4 Å². The van der Waals surface area contributed by atoms with Gasteiger partial charge in [0.15, 0.2) is 0 Å². The van der Waals surface area contributed by atoms with Crippen molar-refractivity contribution in [1.29, 1.82) is 0 Å². The molecule has 1 aromatic carbocycles. The standard InChI is InChI=1S/C20H15NO4S/c1-12-9-13(16-6-4-2-3-5-15(12)16)10-18-17-11-14(26(23,24)25)7-8-19(17)21-20(18)22/h2-11H,1H3,(H,21,22)(H,23,24,25)/b18-10-. The Hall–Kier alpha value is -2.96. The van der Waals surface area contributed by atoms with Gasteiger partial charge in [-0.15, -0.1) is 0 Å². The molecule has 0 unspecified atom stereocenters. The number of hydrogen-bond acceptors (Lipinski definition) is 3. The largest absolute Gasteiger partial charge is 0.321 e. The molecule has 0 bridgehead atoms. The minimum atomic E-state index is -4.34. The van der Waals surface area contributed by atoms with Crippen LogP contribution in [0.5, 0.6) is 0 Å². The monoisotopic (exact) mass is 365 g/mol. The number of hydrogen-bond donors (Lipinski definition) is 2. The molecule has 0 fully saturated rings. The minimum Gasteiger partial charge on any atom is -0.321 e. The van der Waals surface area contributed by atoms with E-state index in [1.54, 1.807) is 6.08 Å². The van der Waals surface area contributed by atoms with Crippen LogP contribution in [0.25, 0.3) is 22.8 Å². The van der Waals surface area contributed by atoms with E-state index < -0.39 is 10.1 Å². The predicted octanol–water partition coefficient (Wildman–Crippen LogP) is 3.84. The average molecular weight is 365 g/mol. The first-order valence-corrected chi connectivity index (χ1v) is 9.42. The van der Waals surface area contributed by atoms with Gasteiger partial charge in [-0.3, -0.25) is 9.35 Å². The third kappa shape index (κ3) is 2.69. The molecule has 1 heterocycles. The molecule has 2 N–H and O–H groups in total. The van der Waals surface area contributed by atoms with Crippen LogP contribution in [0.2, 0.25) is 0 Å². The van der Waals surface area contributed by atoms with Gasteiger partial charge in [0.25, 0.3) is 16.0 Å². The number of aryl methyl sites for hydroxylation is 1. The summed E-state index contributed by atoms with van der Waals surface area (Å²) < 4.78 is 32.1. The summed E-state index contributed by atoms with van der Waals surface area (Å²) in [5.74, 6) is -0.306. The maximum absolute atomic E-state index is 12.4. The summed E-state index contributed by atoms with van der Waals surface area (Å²) in [6.45, 7) is 2.00. The average Bonchev–Trinajstić information content (AvgIpc) is 2.91. The molecule has 26 heavy (non-hydrogen) atoms. The molecule has 3 aliphatic rings. The number of amides is 1. The van der Waals surface area contributed by atoms with Crippen molar-refractivity contribution in [2.24, 2.45) is 0 Å². The zero-order valence-electron chi connectivity index (χ0n) is 13.9. The van der Waals surface area contributed by atoms with Crippen molar-refractivity contribution in [3.05, 3.63) is 71.3 Å². The molecule has 5 nitrogen and oxygen atoms in total. The first kappa shape index (κ1) is 16.5. The van der Waals surface area contributed by atoms with Crippen LogP contribution < -0.4 is 5.32 Å². The van der Waals surface area contributed by atoms with E-state index in [0.717, 1.165) is 22.3 Å². The van der Waals surface area contributed by atoms with E-state index in [9.17, 15) is 17.8 Å². The minimum absolute atomic E-state index is 0.242. The van der Waals surface area contributed by atoms with E-state index in [4.69, 9.17) is 0 Å². The normalized spacial score (nSPS) is 15.3. The first-order valence-electron chi connectivity index (χ1n) is 7.98. The zero-order chi connectivity index (χ0) is 18.5. The van der Waals surface area contributed by atoms with Crippen LogP contribution in [0, 0.1) is 6.92 Å². The van der Waals surface area contributed by atoms with Crippen LogP contribution in [-0.2, 0) is 14.9 Å². The van der Waals surface area contributed by atoms with E-state index in [0.29, 0.717) is 16.8 Å². The molecule has 0 aromatic heterocycles. The Balaban J connectivity index is 1.90. The number of benzene rings is 1. The van der Waals surface area contributed by atoms with Crippen LogP contribution in [0.3, 0.4) is 0 Å².